The monoisotopic (exact) mass is 188 g/mol. The molecule has 76 valence electrons. The summed E-state index contributed by atoms with van der Waals surface area (Å²) in [5.74, 6) is 0.580. The van der Waals surface area contributed by atoms with Gasteiger partial charge in [-0.05, 0) is 44.2 Å². The van der Waals surface area contributed by atoms with Crippen LogP contribution in [0.15, 0.2) is 30.4 Å². The van der Waals surface area contributed by atoms with Crippen LogP contribution in [0.5, 0.6) is 0 Å². The van der Waals surface area contributed by atoms with Crippen LogP contribution in [0.1, 0.15) is 30.5 Å². The van der Waals surface area contributed by atoms with E-state index in [0.717, 1.165) is 6.42 Å². The second-order valence-corrected chi connectivity index (χ2v) is 4.38. The first-order valence-corrected chi connectivity index (χ1v) is 5.22. The van der Waals surface area contributed by atoms with Gasteiger partial charge in [-0.3, -0.25) is 0 Å². The van der Waals surface area contributed by atoms with Crippen molar-refractivity contribution in [3.63, 3.8) is 0 Å². The summed E-state index contributed by atoms with van der Waals surface area (Å²) in [6.45, 7) is 12.7. The van der Waals surface area contributed by atoms with Crippen molar-refractivity contribution in [1.82, 2.24) is 0 Å². The third kappa shape index (κ3) is 2.73. The van der Waals surface area contributed by atoms with Crippen molar-refractivity contribution >= 4 is 0 Å². The molecule has 0 spiro atoms. The Bertz CT molecular complexity index is 334. The fourth-order valence-corrected chi connectivity index (χ4v) is 1.58. The lowest BCUT2D eigenvalue weighted by atomic mass is 9.92. The van der Waals surface area contributed by atoms with Crippen LogP contribution in [0, 0.1) is 19.8 Å². The van der Waals surface area contributed by atoms with Crippen LogP contribution in [0.4, 0.5) is 0 Å². The zero-order valence-electron chi connectivity index (χ0n) is 9.72. The largest absolute Gasteiger partial charge is 0.0999 e. The van der Waals surface area contributed by atoms with Crippen LogP contribution in [0.2, 0.25) is 0 Å². The third-order valence-corrected chi connectivity index (χ3v) is 2.87. The zero-order chi connectivity index (χ0) is 10.7. The lowest BCUT2D eigenvalue weighted by Crippen LogP contribution is -2.02. The number of rotatable bonds is 3. The summed E-state index contributed by atoms with van der Waals surface area (Å²) in [6, 6.07) is 6.68. The van der Waals surface area contributed by atoms with E-state index in [9.17, 15) is 0 Å². The van der Waals surface area contributed by atoms with Gasteiger partial charge in [0.15, 0.2) is 0 Å². The smallest absolute Gasteiger partial charge is 0.0197 e. The summed E-state index contributed by atoms with van der Waals surface area (Å²) in [4.78, 5) is 0. The van der Waals surface area contributed by atoms with Crippen molar-refractivity contribution in [3.8, 4) is 0 Å². The minimum Gasteiger partial charge on any atom is -0.0999 e. The maximum absolute atomic E-state index is 4.00. The van der Waals surface area contributed by atoms with Gasteiger partial charge in [0.25, 0.3) is 0 Å². The Labute approximate surface area is 87.7 Å². The number of benzene rings is 1. The van der Waals surface area contributed by atoms with Crippen LogP contribution in [0.25, 0.3) is 0 Å². The van der Waals surface area contributed by atoms with Gasteiger partial charge in [-0.1, -0.05) is 42.8 Å². The van der Waals surface area contributed by atoms with Crippen molar-refractivity contribution in [2.24, 2.45) is 5.92 Å². The molecule has 0 N–H and O–H groups in total. The second-order valence-electron chi connectivity index (χ2n) is 4.38. The molecular weight excluding hydrogens is 168 g/mol. The molecule has 0 aliphatic rings. The van der Waals surface area contributed by atoms with Gasteiger partial charge in [0, 0.05) is 0 Å². The van der Waals surface area contributed by atoms with Crippen LogP contribution < -0.4 is 0 Å². The topological polar surface area (TPSA) is 0 Å². The Hall–Kier alpha value is -1.04. The van der Waals surface area contributed by atoms with Crippen molar-refractivity contribution in [2.45, 2.75) is 34.1 Å². The highest BCUT2D eigenvalue weighted by Crippen LogP contribution is 2.18. The standard InChI is InChI=1S/C14H20/c1-10(2)12(4)9-14-7-6-11(3)8-13(14)5/h6-8,12H,1,9H2,2-5H3. The summed E-state index contributed by atoms with van der Waals surface area (Å²) in [5, 5.41) is 0. The van der Waals surface area contributed by atoms with E-state index in [2.05, 4.69) is 52.5 Å². The van der Waals surface area contributed by atoms with Crippen molar-refractivity contribution in [3.05, 3.63) is 47.0 Å². The van der Waals surface area contributed by atoms with Gasteiger partial charge in [-0.15, -0.1) is 0 Å². The quantitative estimate of drug-likeness (QED) is 0.627. The van der Waals surface area contributed by atoms with Gasteiger partial charge >= 0.3 is 0 Å². The highest BCUT2D eigenvalue weighted by Gasteiger charge is 2.05. The first-order valence-electron chi connectivity index (χ1n) is 5.22. The van der Waals surface area contributed by atoms with Gasteiger partial charge in [0.05, 0.1) is 0 Å². The molecule has 0 amide bonds. The molecule has 1 atom stereocenters. The van der Waals surface area contributed by atoms with E-state index in [1.807, 2.05) is 0 Å². The van der Waals surface area contributed by atoms with E-state index >= 15 is 0 Å². The Balaban J connectivity index is 2.82. The molecule has 1 unspecified atom stereocenters. The van der Waals surface area contributed by atoms with Crippen molar-refractivity contribution in [2.75, 3.05) is 0 Å². The highest BCUT2D eigenvalue weighted by molar-refractivity contribution is 5.31. The Kier molecular flexibility index (Phi) is 3.51. The molecule has 14 heavy (non-hydrogen) atoms. The number of aryl methyl sites for hydroxylation is 2. The van der Waals surface area contributed by atoms with Crippen LogP contribution in [-0.2, 0) is 6.42 Å². The van der Waals surface area contributed by atoms with Crippen LogP contribution in [0.3, 0.4) is 0 Å². The van der Waals surface area contributed by atoms with E-state index in [-0.39, 0.29) is 0 Å². The molecule has 0 bridgehead atoms. The first-order chi connectivity index (χ1) is 6.50. The fraction of sp³-hybridized carbons (Fsp3) is 0.429. The summed E-state index contributed by atoms with van der Waals surface area (Å²) in [6.07, 6.45) is 1.11. The SMILES string of the molecule is C=C(C)C(C)Cc1ccc(C)cc1C. The average Bonchev–Trinajstić information content (AvgIpc) is 2.09. The second kappa shape index (κ2) is 4.45. The molecule has 0 saturated heterocycles. The predicted octanol–water partition coefficient (Wildman–Crippen LogP) is 4.06. The predicted molar refractivity (Wildman–Crippen MR) is 63.6 cm³/mol. The molecule has 0 heterocycles. The highest BCUT2D eigenvalue weighted by atomic mass is 14.1. The Morgan fingerprint density at radius 1 is 1.36 bits per heavy atom. The molecule has 0 fully saturated rings. The van der Waals surface area contributed by atoms with Gasteiger partial charge in [0.1, 0.15) is 0 Å². The number of hydrogen-bond acceptors (Lipinski definition) is 0. The fourth-order valence-electron chi connectivity index (χ4n) is 1.58. The van der Waals surface area contributed by atoms with Gasteiger partial charge in [-0.2, -0.15) is 0 Å². The number of hydrogen-bond donors (Lipinski definition) is 0. The molecule has 0 saturated carbocycles. The number of allylic oxidation sites excluding steroid dienone is 1. The zero-order valence-corrected chi connectivity index (χ0v) is 9.72. The normalized spacial score (nSPS) is 12.6. The van der Waals surface area contributed by atoms with Gasteiger partial charge < -0.3 is 0 Å². The minimum atomic E-state index is 0.580. The van der Waals surface area contributed by atoms with E-state index in [1.54, 1.807) is 0 Å². The molecule has 1 aromatic carbocycles. The van der Waals surface area contributed by atoms with E-state index < -0.39 is 0 Å². The van der Waals surface area contributed by atoms with Crippen molar-refractivity contribution < 1.29 is 0 Å². The molecule has 0 heteroatoms. The summed E-state index contributed by atoms with van der Waals surface area (Å²) in [7, 11) is 0. The summed E-state index contributed by atoms with van der Waals surface area (Å²) >= 11 is 0. The molecular formula is C14H20. The molecule has 0 radical (unpaired) electrons. The Morgan fingerprint density at radius 2 is 2.00 bits per heavy atom. The van der Waals surface area contributed by atoms with E-state index in [1.165, 1.54) is 22.3 Å². The Morgan fingerprint density at radius 3 is 2.50 bits per heavy atom. The maximum atomic E-state index is 4.00. The van der Waals surface area contributed by atoms with Gasteiger partial charge in [0.2, 0.25) is 0 Å². The summed E-state index contributed by atoms with van der Waals surface area (Å²) in [5.41, 5.74) is 5.46. The first kappa shape index (κ1) is 11.0. The molecule has 1 aromatic rings. The summed E-state index contributed by atoms with van der Waals surface area (Å²) < 4.78 is 0. The van der Waals surface area contributed by atoms with E-state index in [0.29, 0.717) is 5.92 Å². The van der Waals surface area contributed by atoms with E-state index in [4.69, 9.17) is 0 Å². The lowest BCUT2D eigenvalue weighted by Gasteiger charge is -2.13. The molecule has 0 nitrogen and oxygen atoms in total. The molecule has 0 aliphatic heterocycles. The van der Waals surface area contributed by atoms with Crippen LogP contribution in [-0.4, -0.2) is 0 Å². The van der Waals surface area contributed by atoms with Crippen molar-refractivity contribution in [1.29, 1.82) is 0 Å². The average molecular weight is 188 g/mol. The maximum Gasteiger partial charge on any atom is -0.0197 e. The third-order valence-electron chi connectivity index (χ3n) is 2.87. The molecule has 1 rings (SSSR count). The minimum absolute atomic E-state index is 0.580. The molecule has 0 aromatic heterocycles. The molecule has 0 aliphatic carbocycles. The lowest BCUT2D eigenvalue weighted by molar-refractivity contribution is 0.677. The van der Waals surface area contributed by atoms with Gasteiger partial charge in [-0.25, -0.2) is 0 Å². The van der Waals surface area contributed by atoms with Crippen LogP contribution >= 0.6 is 0 Å².